The molecule has 3 nitrogen and oxygen atoms in total. The first-order chi connectivity index (χ1) is 7.95. The molecule has 0 amide bonds. The number of hydrogen-bond acceptors (Lipinski definition) is 2. The summed E-state index contributed by atoms with van der Waals surface area (Å²) in [4.78, 5) is 11.7. The van der Waals surface area contributed by atoms with Gasteiger partial charge in [0.25, 0.3) is 0 Å². The minimum absolute atomic E-state index is 0.303. The van der Waals surface area contributed by atoms with E-state index in [2.05, 4.69) is 18.9 Å². The molecular formula is C13H21ClN2O. The van der Waals surface area contributed by atoms with Gasteiger partial charge in [0.1, 0.15) is 5.78 Å². The van der Waals surface area contributed by atoms with Gasteiger partial charge in [-0.3, -0.25) is 9.48 Å². The summed E-state index contributed by atoms with van der Waals surface area (Å²) in [6.45, 7) is 8.84. The highest BCUT2D eigenvalue weighted by Gasteiger charge is 2.14. The van der Waals surface area contributed by atoms with Crippen LogP contribution in [0.15, 0.2) is 0 Å². The van der Waals surface area contributed by atoms with E-state index < -0.39 is 0 Å². The van der Waals surface area contributed by atoms with Crippen LogP contribution in [0.25, 0.3) is 0 Å². The van der Waals surface area contributed by atoms with Crippen molar-refractivity contribution in [1.82, 2.24) is 9.78 Å². The number of hydrogen-bond donors (Lipinski definition) is 0. The van der Waals surface area contributed by atoms with Crippen molar-refractivity contribution in [2.75, 3.05) is 0 Å². The van der Waals surface area contributed by atoms with Crippen molar-refractivity contribution in [3.8, 4) is 0 Å². The summed E-state index contributed by atoms with van der Waals surface area (Å²) in [7, 11) is 0. The summed E-state index contributed by atoms with van der Waals surface area (Å²) < 4.78 is 1.89. The molecule has 0 N–H and O–H groups in total. The molecule has 0 aliphatic heterocycles. The van der Waals surface area contributed by atoms with Crippen molar-refractivity contribution in [3.63, 3.8) is 0 Å². The molecule has 0 radical (unpaired) electrons. The highest BCUT2D eigenvalue weighted by molar-refractivity contribution is 6.31. The number of aromatic nitrogens is 2. The molecule has 0 fully saturated rings. The van der Waals surface area contributed by atoms with E-state index in [9.17, 15) is 4.79 Å². The zero-order valence-corrected chi connectivity index (χ0v) is 11.8. The van der Waals surface area contributed by atoms with Gasteiger partial charge in [0.15, 0.2) is 0 Å². The van der Waals surface area contributed by atoms with Crippen LogP contribution in [-0.4, -0.2) is 15.6 Å². The Morgan fingerprint density at radius 2 is 2.12 bits per heavy atom. The smallest absolute Gasteiger partial charge is 0.133 e. The first-order valence-corrected chi connectivity index (χ1v) is 6.57. The average Bonchev–Trinajstić information content (AvgIpc) is 2.51. The number of carbonyl (C=O) groups is 1. The maximum Gasteiger partial charge on any atom is 0.133 e. The van der Waals surface area contributed by atoms with E-state index in [1.807, 2.05) is 18.5 Å². The molecule has 0 atom stereocenters. The van der Waals surface area contributed by atoms with Gasteiger partial charge in [-0.2, -0.15) is 5.10 Å². The number of carbonyl (C=O) groups excluding carboxylic acids is 1. The topological polar surface area (TPSA) is 34.9 Å². The van der Waals surface area contributed by atoms with Gasteiger partial charge in [0.2, 0.25) is 0 Å². The number of rotatable bonds is 6. The van der Waals surface area contributed by atoms with Gasteiger partial charge in [-0.05, 0) is 26.2 Å². The van der Waals surface area contributed by atoms with Crippen LogP contribution in [0.4, 0.5) is 0 Å². The van der Waals surface area contributed by atoms with E-state index in [0.29, 0.717) is 36.0 Å². The van der Waals surface area contributed by atoms with Crippen LogP contribution in [0.1, 0.15) is 45.0 Å². The van der Waals surface area contributed by atoms with Gasteiger partial charge in [-0.1, -0.05) is 25.4 Å². The third kappa shape index (κ3) is 3.84. The summed E-state index contributed by atoms with van der Waals surface area (Å²) in [5.74, 6) is 0.730. The maximum atomic E-state index is 11.7. The van der Waals surface area contributed by atoms with Gasteiger partial charge in [0.05, 0.1) is 16.4 Å². The Labute approximate surface area is 108 Å². The molecule has 0 aliphatic rings. The molecule has 4 heteroatoms. The minimum Gasteiger partial charge on any atom is -0.300 e. The summed E-state index contributed by atoms with van der Waals surface area (Å²) >= 11 is 6.19. The maximum absolute atomic E-state index is 11.7. The van der Waals surface area contributed by atoms with Gasteiger partial charge < -0.3 is 0 Å². The quantitative estimate of drug-likeness (QED) is 0.782. The summed E-state index contributed by atoms with van der Waals surface area (Å²) in [5.41, 5.74) is 1.84. The first kappa shape index (κ1) is 14.2. The molecule has 0 spiro atoms. The third-order valence-corrected chi connectivity index (χ3v) is 3.22. The molecule has 1 aromatic rings. The SMILES string of the molecule is CCn1nc(C)c(Cl)c1CCC(=O)CC(C)C. The fraction of sp³-hybridized carbons (Fsp3) is 0.692. The summed E-state index contributed by atoms with van der Waals surface area (Å²) in [6, 6.07) is 0. The monoisotopic (exact) mass is 256 g/mol. The minimum atomic E-state index is 0.303. The van der Waals surface area contributed by atoms with E-state index in [4.69, 9.17) is 11.6 Å². The Morgan fingerprint density at radius 1 is 1.47 bits per heavy atom. The first-order valence-electron chi connectivity index (χ1n) is 6.19. The molecule has 0 aliphatic carbocycles. The van der Waals surface area contributed by atoms with Gasteiger partial charge in [-0.25, -0.2) is 0 Å². The number of Topliss-reactive ketones (excluding diaryl/α,β-unsaturated/α-hetero) is 1. The second kappa shape index (κ2) is 6.20. The molecule has 17 heavy (non-hydrogen) atoms. The molecule has 96 valence electrons. The lowest BCUT2D eigenvalue weighted by molar-refractivity contribution is -0.119. The predicted molar refractivity (Wildman–Crippen MR) is 70.4 cm³/mol. The van der Waals surface area contributed by atoms with Crippen molar-refractivity contribution in [2.24, 2.45) is 5.92 Å². The Hall–Kier alpha value is -0.830. The average molecular weight is 257 g/mol. The highest BCUT2D eigenvalue weighted by atomic mass is 35.5. The molecule has 1 heterocycles. The van der Waals surface area contributed by atoms with Crippen LogP contribution in [-0.2, 0) is 17.8 Å². The van der Waals surface area contributed by atoms with Crippen molar-refractivity contribution in [1.29, 1.82) is 0 Å². The Morgan fingerprint density at radius 3 is 2.65 bits per heavy atom. The number of nitrogens with zero attached hydrogens (tertiary/aromatic N) is 2. The van der Waals surface area contributed by atoms with Crippen molar-refractivity contribution >= 4 is 17.4 Å². The fourth-order valence-corrected chi connectivity index (χ4v) is 2.15. The van der Waals surface area contributed by atoms with Crippen molar-refractivity contribution in [2.45, 2.75) is 53.5 Å². The molecule has 0 unspecified atom stereocenters. The lowest BCUT2D eigenvalue weighted by Gasteiger charge is -2.06. The molecule has 0 aromatic carbocycles. The number of ketones is 1. The Bertz CT molecular complexity index is 396. The van der Waals surface area contributed by atoms with E-state index in [-0.39, 0.29) is 0 Å². The standard InChI is InChI=1S/C13H21ClN2O/c1-5-16-12(13(14)10(4)15-16)7-6-11(17)8-9(2)3/h9H,5-8H2,1-4H3. The zero-order valence-electron chi connectivity index (χ0n) is 11.1. The second-order valence-corrected chi connectivity index (χ2v) is 5.18. The van der Waals surface area contributed by atoms with Crippen LogP contribution < -0.4 is 0 Å². The molecule has 0 saturated carbocycles. The summed E-state index contributed by atoms with van der Waals surface area (Å²) in [6.07, 6.45) is 1.90. The van der Waals surface area contributed by atoms with Crippen LogP contribution in [0.5, 0.6) is 0 Å². The molecular weight excluding hydrogens is 236 g/mol. The zero-order chi connectivity index (χ0) is 13.0. The molecule has 1 rings (SSSR count). The third-order valence-electron chi connectivity index (χ3n) is 2.73. The highest BCUT2D eigenvalue weighted by Crippen LogP contribution is 2.22. The van der Waals surface area contributed by atoms with Crippen LogP contribution in [0.2, 0.25) is 5.02 Å². The van der Waals surface area contributed by atoms with E-state index >= 15 is 0 Å². The van der Waals surface area contributed by atoms with Crippen LogP contribution in [0.3, 0.4) is 0 Å². The molecule has 1 aromatic heterocycles. The summed E-state index contributed by atoms with van der Waals surface area (Å²) in [5, 5.41) is 5.05. The lowest BCUT2D eigenvalue weighted by atomic mass is 10.0. The van der Waals surface area contributed by atoms with Crippen LogP contribution in [0, 0.1) is 12.8 Å². The molecule has 0 bridgehead atoms. The fourth-order valence-electron chi connectivity index (χ4n) is 1.92. The second-order valence-electron chi connectivity index (χ2n) is 4.80. The van der Waals surface area contributed by atoms with E-state index in [1.54, 1.807) is 0 Å². The van der Waals surface area contributed by atoms with Crippen molar-refractivity contribution < 1.29 is 4.79 Å². The number of aryl methyl sites for hydroxylation is 2. The van der Waals surface area contributed by atoms with E-state index in [1.165, 1.54) is 0 Å². The van der Waals surface area contributed by atoms with E-state index in [0.717, 1.165) is 17.9 Å². The lowest BCUT2D eigenvalue weighted by Crippen LogP contribution is -2.08. The van der Waals surface area contributed by atoms with Gasteiger partial charge in [-0.15, -0.1) is 0 Å². The normalized spacial score (nSPS) is 11.2. The van der Waals surface area contributed by atoms with Gasteiger partial charge in [0, 0.05) is 19.4 Å². The Kier molecular flexibility index (Phi) is 5.19. The van der Waals surface area contributed by atoms with Crippen LogP contribution >= 0.6 is 11.6 Å². The van der Waals surface area contributed by atoms with Crippen molar-refractivity contribution in [3.05, 3.63) is 16.4 Å². The number of halogens is 1. The Balaban J connectivity index is 2.65. The largest absolute Gasteiger partial charge is 0.300 e. The predicted octanol–water partition coefficient (Wildman–Crippen LogP) is 3.41. The van der Waals surface area contributed by atoms with Gasteiger partial charge >= 0.3 is 0 Å². The molecule has 0 saturated heterocycles.